The third kappa shape index (κ3) is 2.77. The van der Waals surface area contributed by atoms with Gasteiger partial charge < -0.3 is 15.7 Å². The number of rotatable bonds is 2. The fourth-order valence-electron chi connectivity index (χ4n) is 2.01. The van der Waals surface area contributed by atoms with E-state index in [9.17, 15) is 5.11 Å². The highest BCUT2D eigenvalue weighted by Gasteiger charge is 2.20. The van der Waals surface area contributed by atoms with Crippen LogP contribution in [0.1, 0.15) is 12.8 Å². The second-order valence-corrected chi connectivity index (χ2v) is 4.01. The average Bonchev–Trinajstić information content (AvgIpc) is 2.30. The SMILES string of the molecule is Cl.NCC1CCN(c2ncccc2O)CC1. The highest BCUT2D eigenvalue weighted by molar-refractivity contribution is 5.85. The second-order valence-electron chi connectivity index (χ2n) is 4.01. The van der Waals surface area contributed by atoms with E-state index < -0.39 is 0 Å². The minimum absolute atomic E-state index is 0. The van der Waals surface area contributed by atoms with Crippen LogP contribution in [0.4, 0.5) is 5.82 Å². The summed E-state index contributed by atoms with van der Waals surface area (Å²) in [7, 11) is 0. The Morgan fingerprint density at radius 1 is 1.44 bits per heavy atom. The van der Waals surface area contributed by atoms with Crippen LogP contribution in [0.2, 0.25) is 0 Å². The van der Waals surface area contributed by atoms with E-state index in [0.717, 1.165) is 32.5 Å². The van der Waals surface area contributed by atoms with Gasteiger partial charge in [0.15, 0.2) is 11.6 Å². The molecule has 2 heterocycles. The van der Waals surface area contributed by atoms with E-state index in [-0.39, 0.29) is 18.2 Å². The molecular weight excluding hydrogens is 226 g/mol. The van der Waals surface area contributed by atoms with Crippen LogP contribution in [0.25, 0.3) is 0 Å². The second kappa shape index (κ2) is 5.92. The monoisotopic (exact) mass is 243 g/mol. The van der Waals surface area contributed by atoms with Crippen LogP contribution in [0.15, 0.2) is 18.3 Å². The number of nitrogens with zero attached hydrogens (tertiary/aromatic N) is 2. The summed E-state index contributed by atoms with van der Waals surface area (Å²) >= 11 is 0. The molecule has 4 nitrogen and oxygen atoms in total. The van der Waals surface area contributed by atoms with Crippen LogP contribution in [-0.4, -0.2) is 29.7 Å². The molecule has 1 aromatic rings. The number of anilines is 1. The molecule has 1 aliphatic heterocycles. The van der Waals surface area contributed by atoms with Gasteiger partial charge in [-0.15, -0.1) is 12.4 Å². The van der Waals surface area contributed by atoms with Gasteiger partial charge in [0.25, 0.3) is 0 Å². The predicted octanol–water partition coefficient (Wildman–Crippen LogP) is 1.38. The number of hydrogen-bond acceptors (Lipinski definition) is 4. The first kappa shape index (κ1) is 13.1. The first-order valence-corrected chi connectivity index (χ1v) is 5.40. The average molecular weight is 244 g/mol. The summed E-state index contributed by atoms with van der Waals surface area (Å²) in [5, 5.41) is 9.66. The van der Waals surface area contributed by atoms with Crippen LogP contribution < -0.4 is 10.6 Å². The number of pyridine rings is 1. The Morgan fingerprint density at radius 2 is 2.12 bits per heavy atom. The van der Waals surface area contributed by atoms with Crippen molar-refractivity contribution in [1.82, 2.24) is 4.98 Å². The lowest BCUT2D eigenvalue weighted by Gasteiger charge is -2.32. The molecule has 0 amide bonds. The van der Waals surface area contributed by atoms with Gasteiger partial charge >= 0.3 is 0 Å². The molecule has 0 radical (unpaired) electrons. The molecular formula is C11H18ClN3O. The first-order chi connectivity index (χ1) is 7.31. The maximum absolute atomic E-state index is 9.66. The summed E-state index contributed by atoms with van der Waals surface area (Å²) in [6, 6.07) is 3.42. The van der Waals surface area contributed by atoms with Crippen molar-refractivity contribution in [3.63, 3.8) is 0 Å². The summed E-state index contributed by atoms with van der Waals surface area (Å²) in [4.78, 5) is 6.32. The molecule has 0 unspecified atom stereocenters. The van der Waals surface area contributed by atoms with Gasteiger partial charge in [-0.05, 0) is 37.4 Å². The van der Waals surface area contributed by atoms with Crippen LogP contribution in [-0.2, 0) is 0 Å². The Kier molecular flexibility index (Phi) is 4.83. The zero-order valence-electron chi connectivity index (χ0n) is 9.17. The summed E-state index contributed by atoms with van der Waals surface area (Å²) in [5.74, 6) is 1.60. The molecule has 0 spiro atoms. The van der Waals surface area contributed by atoms with Crippen molar-refractivity contribution in [3.8, 4) is 5.75 Å². The minimum atomic E-state index is 0. The van der Waals surface area contributed by atoms with Crippen molar-refractivity contribution >= 4 is 18.2 Å². The third-order valence-corrected chi connectivity index (χ3v) is 3.01. The normalized spacial score (nSPS) is 16.9. The van der Waals surface area contributed by atoms with E-state index in [1.807, 2.05) is 0 Å². The van der Waals surface area contributed by atoms with Gasteiger partial charge in [0.1, 0.15) is 0 Å². The van der Waals surface area contributed by atoms with Crippen molar-refractivity contribution in [3.05, 3.63) is 18.3 Å². The molecule has 0 bridgehead atoms. The zero-order chi connectivity index (χ0) is 10.7. The summed E-state index contributed by atoms with van der Waals surface area (Å²) < 4.78 is 0. The summed E-state index contributed by atoms with van der Waals surface area (Å²) in [6.45, 7) is 2.64. The Hall–Kier alpha value is -1.00. The summed E-state index contributed by atoms with van der Waals surface area (Å²) in [5.41, 5.74) is 5.63. The van der Waals surface area contributed by atoms with Crippen molar-refractivity contribution in [2.75, 3.05) is 24.5 Å². The van der Waals surface area contributed by atoms with Gasteiger partial charge in [-0.1, -0.05) is 0 Å². The van der Waals surface area contributed by atoms with E-state index in [1.165, 1.54) is 0 Å². The smallest absolute Gasteiger partial charge is 0.171 e. The van der Waals surface area contributed by atoms with Crippen molar-refractivity contribution < 1.29 is 5.11 Å². The van der Waals surface area contributed by atoms with Gasteiger partial charge in [-0.3, -0.25) is 0 Å². The molecule has 1 fully saturated rings. The van der Waals surface area contributed by atoms with Crippen LogP contribution in [0.5, 0.6) is 5.75 Å². The number of halogens is 1. The van der Waals surface area contributed by atoms with Gasteiger partial charge in [0.2, 0.25) is 0 Å². The topological polar surface area (TPSA) is 62.4 Å². The van der Waals surface area contributed by atoms with Gasteiger partial charge in [0, 0.05) is 19.3 Å². The van der Waals surface area contributed by atoms with E-state index in [4.69, 9.17) is 5.73 Å². The molecule has 1 aromatic heterocycles. The Labute approximate surface area is 102 Å². The Balaban J connectivity index is 0.00000128. The quantitative estimate of drug-likeness (QED) is 0.824. The fraction of sp³-hybridized carbons (Fsp3) is 0.545. The minimum Gasteiger partial charge on any atom is -0.504 e. The van der Waals surface area contributed by atoms with Crippen LogP contribution in [0.3, 0.4) is 0 Å². The Bertz CT molecular complexity index is 327. The lowest BCUT2D eigenvalue weighted by Crippen LogP contribution is -2.36. The number of nitrogens with two attached hydrogens (primary N) is 1. The maximum atomic E-state index is 9.66. The standard InChI is InChI=1S/C11H17N3O.ClH/c12-8-9-3-6-14(7-4-9)11-10(15)2-1-5-13-11;/h1-2,5,9,15H,3-4,6-8,12H2;1H. The first-order valence-electron chi connectivity index (χ1n) is 5.40. The van der Waals surface area contributed by atoms with Crippen molar-refractivity contribution in [1.29, 1.82) is 0 Å². The highest BCUT2D eigenvalue weighted by Crippen LogP contribution is 2.27. The van der Waals surface area contributed by atoms with Crippen molar-refractivity contribution in [2.45, 2.75) is 12.8 Å². The lowest BCUT2D eigenvalue weighted by molar-refractivity contribution is 0.406. The Morgan fingerprint density at radius 3 is 2.69 bits per heavy atom. The molecule has 16 heavy (non-hydrogen) atoms. The predicted molar refractivity (Wildman–Crippen MR) is 67.1 cm³/mol. The number of piperidine rings is 1. The van der Waals surface area contributed by atoms with E-state index >= 15 is 0 Å². The fourth-order valence-corrected chi connectivity index (χ4v) is 2.01. The van der Waals surface area contributed by atoms with Gasteiger partial charge in [-0.25, -0.2) is 4.98 Å². The van der Waals surface area contributed by atoms with Gasteiger partial charge in [-0.2, -0.15) is 0 Å². The molecule has 0 saturated carbocycles. The molecule has 3 N–H and O–H groups in total. The third-order valence-electron chi connectivity index (χ3n) is 3.01. The molecule has 1 saturated heterocycles. The van der Waals surface area contributed by atoms with E-state index in [0.29, 0.717) is 11.7 Å². The zero-order valence-corrected chi connectivity index (χ0v) is 9.99. The highest BCUT2D eigenvalue weighted by atomic mass is 35.5. The largest absolute Gasteiger partial charge is 0.504 e. The molecule has 0 aliphatic carbocycles. The van der Waals surface area contributed by atoms with E-state index in [2.05, 4.69) is 9.88 Å². The molecule has 0 atom stereocenters. The molecule has 90 valence electrons. The molecule has 5 heteroatoms. The summed E-state index contributed by atoms with van der Waals surface area (Å²) in [6.07, 6.45) is 3.89. The van der Waals surface area contributed by atoms with Gasteiger partial charge in [0.05, 0.1) is 0 Å². The lowest BCUT2D eigenvalue weighted by atomic mass is 9.97. The molecule has 2 rings (SSSR count). The van der Waals surface area contributed by atoms with E-state index in [1.54, 1.807) is 18.3 Å². The maximum Gasteiger partial charge on any atom is 0.171 e. The van der Waals surface area contributed by atoms with Crippen LogP contribution in [0, 0.1) is 5.92 Å². The molecule has 1 aliphatic rings. The van der Waals surface area contributed by atoms with Crippen molar-refractivity contribution in [2.24, 2.45) is 11.7 Å². The number of hydrogen-bond donors (Lipinski definition) is 2. The number of aromatic hydroxyl groups is 1. The number of aromatic nitrogens is 1. The molecule has 0 aromatic carbocycles. The van der Waals surface area contributed by atoms with Crippen LogP contribution >= 0.6 is 12.4 Å².